The Balaban J connectivity index is 1.97. The van der Waals surface area contributed by atoms with Gasteiger partial charge in [-0.15, -0.1) is 0 Å². The predicted molar refractivity (Wildman–Crippen MR) is 90.4 cm³/mol. The zero-order valence-corrected chi connectivity index (χ0v) is 14.0. The molecular weight excluding hydrogens is 297 g/mol. The standard InChI is InChI=1S/C17H26FN3O2/c1-11(2)21(3)15-9-8-12(10-13(15)18)19-17(23)20-14-6-4-5-7-16(14)22/h8-11,14,16,22H,4-7H2,1-3H3,(H2,19,20,23). The van der Waals surface area contributed by atoms with E-state index in [1.807, 2.05) is 25.8 Å². The van der Waals surface area contributed by atoms with Crippen molar-refractivity contribution < 1.29 is 14.3 Å². The average molecular weight is 323 g/mol. The minimum absolute atomic E-state index is 0.180. The molecule has 2 unspecified atom stereocenters. The Morgan fingerprint density at radius 2 is 2.04 bits per heavy atom. The summed E-state index contributed by atoms with van der Waals surface area (Å²) in [5.41, 5.74) is 0.889. The number of anilines is 2. The molecule has 0 heterocycles. The van der Waals surface area contributed by atoms with Gasteiger partial charge in [0.05, 0.1) is 17.8 Å². The van der Waals surface area contributed by atoms with Crippen LogP contribution in [-0.4, -0.2) is 36.4 Å². The highest BCUT2D eigenvalue weighted by atomic mass is 19.1. The molecule has 128 valence electrons. The highest BCUT2D eigenvalue weighted by molar-refractivity contribution is 5.89. The normalized spacial score (nSPS) is 21.1. The van der Waals surface area contributed by atoms with Gasteiger partial charge in [-0.25, -0.2) is 9.18 Å². The van der Waals surface area contributed by atoms with Gasteiger partial charge in [0.25, 0.3) is 0 Å². The molecule has 2 amide bonds. The third-order valence-electron chi connectivity index (χ3n) is 4.41. The number of nitrogens with one attached hydrogen (secondary N) is 2. The third-order valence-corrected chi connectivity index (χ3v) is 4.41. The van der Waals surface area contributed by atoms with Crippen molar-refractivity contribution >= 4 is 17.4 Å². The van der Waals surface area contributed by atoms with Gasteiger partial charge in [0.15, 0.2) is 0 Å². The largest absolute Gasteiger partial charge is 0.391 e. The Labute approximate surface area is 136 Å². The van der Waals surface area contributed by atoms with Gasteiger partial charge in [-0.3, -0.25) is 0 Å². The molecule has 2 atom stereocenters. The second kappa shape index (κ2) is 7.64. The number of aliphatic hydroxyl groups excluding tert-OH is 1. The smallest absolute Gasteiger partial charge is 0.319 e. The maximum absolute atomic E-state index is 14.2. The number of benzene rings is 1. The van der Waals surface area contributed by atoms with E-state index < -0.39 is 12.1 Å². The van der Waals surface area contributed by atoms with Crippen LogP contribution in [0.1, 0.15) is 39.5 Å². The first-order chi connectivity index (χ1) is 10.9. The second-order valence-electron chi connectivity index (χ2n) is 6.43. The first kappa shape index (κ1) is 17.5. The second-order valence-corrected chi connectivity index (χ2v) is 6.43. The number of hydrogen-bond donors (Lipinski definition) is 3. The van der Waals surface area contributed by atoms with Crippen LogP contribution in [0.3, 0.4) is 0 Å². The van der Waals surface area contributed by atoms with Gasteiger partial charge in [0.2, 0.25) is 0 Å². The van der Waals surface area contributed by atoms with Gasteiger partial charge in [0, 0.05) is 18.8 Å². The molecule has 1 saturated carbocycles. The molecule has 23 heavy (non-hydrogen) atoms. The third kappa shape index (κ3) is 4.58. The van der Waals surface area contributed by atoms with Crippen LogP contribution in [0.2, 0.25) is 0 Å². The van der Waals surface area contributed by atoms with Crippen LogP contribution < -0.4 is 15.5 Å². The number of carbonyl (C=O) groups is 1. The fourth-order valence-corrected chi connectivity index (χ4v) is 2.76. The molecule has 0 saturated heterocycles. The lowest BCUT2D eigenvalue weighted by Crippen LogP contribution is -2.46. The number of halogens is 1. The predicted octanol–water partition coefficient (Wildman–Crippen LogP) is 3.10. The Kier molecular flexibility index (Phi) is 5.82. The monoisotopic (exact) mass is 323 g/mol. The van der Waals surface area contributed by atoms with Gasteiger partial charge in [-0.2, -0.15) is 0 Å². The van der Waals surface area contributed by atoms with E-state index >= 15 is 0 Å². The van der Waals surface area contributed by atoms with Crippen molar-refractivity contribution in [3.63, 3.8) is 0 Å². The molecule has 1 aliphatic carbocycles. The van der Waals surface area contributed by atoms with Gasteiger partial charge >= 0.3 is 6.03 Å². The Hall–Kier alpha value is -1.82. The van der Waals surface area contributed by atoms with Crippen LogP contribution in [-0.2, 0) is 0 Å². The van der Waals surface area contributed by atoms with Crippen LogP contribution in [0, 0.1) is 5.82 Å². The van der Waals surface area contributed by atoms with Crippen LogP contribution in [0.4, 0.5) is 20.6 Å². The zero-order chi connectivity index (χ0) is 17.0. The Morgan fingerprint density at radius 1 is 1.35 bits per heavy atom. The molecule has 1 aliphatic rings. The molecule has 1 aromatic rings. The quantitative estimate of drug-likeness (QED) is 0.798. The highest BCUT2D eigenvalue weighted by Gasteiger charge is 2.24. The van der Waals surface area contributed by atoms with Crippen molar-refractivity contribution in [1.29, 1.82) is 0 Å². The SMILES string of the molecule is CC(C)N(C)c1ccc(NC(=O)NC2CCCCC2O)cc1F. The number of carbonyl (C=O) groups excluding carboxylic acids is 1. The van der Waals surface area contributed by atoms with Crippen LogP contribution in [0.5, 0.6) is 0 Å². The molecule has 0 spiro atoms. The van der Waals surface area contributed by atoms with E-state index in [9.17, 15) is 14.3 Å². The van der Waals surface area contributed by atoms with Crippen molar-refractivity contribution in [1.82, 2.24) is 5.32 Å². The Bertz CT molecular complexity index is 551. The molecule has 1 aromatic carbocycles. The summed E-state index contributed by atoms with van der Waals surface area (Å²) < 4.78 is 14.2. The number of nitrogens with zero attached hydrogens (tertiary/aromatic N) is 1. The molecule has 0 radical (unpaired) electrons. The van der Waals surface area contributed by atoms with E-state index in [1.54, 1.807) is 12.1 Å². The molecule has 6 heteroatoms. The molecule has 0 aromatic heterocycles. The lowest BCUT2D eigenvalue weighted by molar-refractivity contribution is 0.0955. The summed E-state index contributed by atoms with van der Waals surface area (Å²) in [5.74, 6) is -0.378. The molecular formula is C17H26FN3O2. The fraction of sp³-hybridized carbons (Fsp3) is 0.588. The molecule has 0 aliphatic heterocycles. The number of aliphatic hydroxyl groups is 1. The van der Waals surface area contributed by atoms with E-state index in [-0.39, 0.29) is 17.9 Å². The van der Waals surface area contributed by atoms with Crippen LogP contribution in [0.15, 0.2) is 18.2 Å². The lowest BCUT2D eigenvalue weighted by Gasteiger charge is -2.28. The van der Waals surface area contributed by atoms with E-state index in [0.717, 1.165) is 19.3 Å². The van der Waals surface area contributed by atoms with Crippen LogP contribution in [0.25, 0.3) is 0 Å². The number of rotatable bonds is 4. The summed E-state index contributed by atoms with van der Waals surface area (Å²) in [5, 5.41) is 15.3. The van der Waals surface area contributed by atoms with Gasteiger partial charge < -0.3 is 20.6 Å². The summed E-state index contributed by atoms with van der Waals surface area (Å²) >= 11 is 0. The molecule has 5 nitrogen and oxygen atoms in total. The van der Waals surface area contributed by atoms with Gasteiger partial charge in [-0.1, -0.05) is 12.8 Å². The van der Waals surface area contributed by atoms with Crippen molar-refractivity contribution in [2.24, 2.45) is 0 Å². The van der Waals surface area contributed by atoms with E-state index in [0.29, 0.717) is 17.8 Å². The van der Waals surface area contributed by atoms with Gasteiger partial charge in [0.1, 0.15) is 5.82 Å². The van der Waals surface area contributed by atoms with Crippen molar-refractivity contribution in [2.45, 2.75) is 57.7 Å². The van der Waals surface area contributed by atoms with Crippen LogP contribution >= 0.6 is 0 Å². The zero-order valence-electron chi connectivity index (χ0n) is 14.0. The highest BCUT2D eigenvalue weighted by Crippen LogP contribution is 2.23. The Morgan fingerprint density at radius 3 is 2.65 bits per heavy atom. The van der Waals surface area contributed by atoms with E-state index in [1.165, 1.54) is 6.07 Å². The topological polar surface area (TPSA) is 64.6 Å². The lowest BCUT2D eigenvalue weighted by atomic mass is 9.93. The maximum atomic E-state index is 14.2. The summed E-state index contributed by atoms with van der Waals surface area (Å²) in [7, 11) is 1.83. The first-order valence-corrected chi connectivity index (χ1v) is 8.16. The molecule has 3 N–H and O–H groups in total. The van der Waals surface area contributed by atoms with Crippen molar-refractivity contribution in [3.05, 3.63) is 24.0 Å². The number of urea groups is 1. The first-order valence-electron chi connectivity index (χ1n) is 8.16. The average Bonchev–Trinajstić information content (AvgIpc) is 2.49. The molecule has 2 rings (SSSR count). The number of amides is 2. The fourth-order valence-electron chi connectivity index (χ4n) is 2.76. The molecule has 1 fully saturated rings. The van der Waals surface area contributed by atoms with E-state index in [4.69, 9.17) is 0 Å². The summed E-state index contributed by atoms with van der Waals surface area (Å²) in [6.45, 7) is 3.96. The minimum atomic E-state index is -0.506. The summed E-state index contributed by atoms with van der Waals surface area (Å²) in [6, 6.07) is 4.17. The minimum Gasteiger partial charge on any atom is -0.391 e. The van der Waals surface area contributed by atoms with Crippen molar-refractivity contribution in [3.8, 4) is 0 Å². The maximum Gasteiger partial charge on any atom is 0.319 e. The number of hydrogen-bond acceptors (Lipinski definition) is 3. The molecule has 0 bridgehead atoms. The van der Waals surface area contributed by atoms with E-state index in [2.05, 4.69) is 10.6 Å². The van der Waals surface area contributed by atoms with Gasteiger partial charge in [-0.05, 0) is 44.9 Å². The summed E-state index contributed by atoms with van der Waals surface area (Å²) in [6.07, 6.45) is 2.94. The van der Waals surface area contributed by atoms with Crippen molar-refractivity contribution in [2.75, 3.05) is 17.3 Å². The summed E-state index contributed by atoms with van der Waals surface area (Å²) in [4.78, 5) is 13.8.